The van der Waals surface area contributed by atoms with Gasteiger partial charge in [-0.2, -0.15) is 11.3 Å². The maximum absolute atomic E-state index is 12.4. The Morgan fingerprint density at radius 2 is 2.05 bits per heavy atom. The summed E-state index contributed by atoms with van der Waals surface area (Å²) in [7, 11) is 1.65. The molecule has 0 bridgehead atoms. The van der Waals surface area contributed by atoms with Gasteiger partial charge in [0.05, 0.1) is 12.7 Å². The van der Waals surface area contributed by atoms with Crippen molar-refractivity contribution in [1.29, 1.82) is 0 Å². The second-order valence-electron chi connectivity index (χ2n) is 5.27. The Balaban J connectivity index is 1.75. The number of rotatable bonds is 3. The molecule has 0 saturated carbocycles. The van der Waals surface area contributed by atoms with Gasteiger partial charge in [-0.1, -0.05) is 12.1 Å². The van der Waals surface area contributed by atoms with Crippen molar-refractivity contribution in [3.8, 4) is 5.75 Å². The number of amides is 1. The van der Waals surface area contributed by atoms with Crippen LogP contribution in [0.25, 0.3) is 0 Å². The minimum Gasteiger partial charge on any atom is -0.497 e. The van der Waals surface area contributed by atoms with E-state index in [1.165, 1.54) is 11.3 Å². The lowest BCUT2D eigenvalue weighted by atomic mass is 9.95. The van der Waals surface area contributed by atoms with Crippen LogP contribution in [-0.2, 0) is 0 Å². The molecule has 21 heavy (non-hydrogen) atoms. The zero-order valence-electron chi connectivity index (χ0n) is 11.9. The molecule has 1 aromatic heterocycles. The van der Waals surface area contributed by atoms with Gasteiger partial charge in [-0.15, -0.1) is 0 Å². The van der Waals surface area contributed by atoms with Crippen LogP contribution in [0.3, 0.4) is 0 Å². The largest absolute Gasteiger partial charge is 0.497 e. The SMILES string of the molecule is COc1ccc([C@@H]2CN(C(=O)c3ccsc3)C[C@H]2N)cc1. The molecule has 1 saturated heterocycles. The highest BCUT2D eigenvalue weighted by molar-refractivity contribution is 7.08. The second kappa shape index (κ2) is 5.87. The Kier molecular flexibility index (Phi) is 3.94. The third-order valence-corrected chi connectivity index (χ3v) is 4.65. The summed E-state index contributed by atoms with van der Waals surface area (Å²) >= 11 is 1.54. The summed E-state index contributed by atoms with van der Waals surface area (Å²) < 4.78 is 5.17. The first-order valence-corrected chi connectivity index (χ1v) is 7.84. The van der Waals surface area contributed by atoms with Crippen molar-refractivity contribution in [2.75, 3.05) is 20.2 Å². The van der Waals surface area contributed by atoms with Gasteiger partial charge in [0.15, 0.2) is 0 Å². The van der Waals surface area contributed by atoms with Gasteiger partial charge in [0, 0.05) is 30.4 Å². The van der Waals surface area contributed by atoms with Gasteiger partial charge in [-0.25, -0.2) is 0 Å². The Labute approximate surface area is 128 Å². The third-order valence-electron chi connectivity index (χ3n) is 3.96. The van der Waals surface area contributed by atoms with E-state index in [9.17, 15) is 4.79 Å². The zero-order valence-corrected chi connectivity index (χ0v) is 12.7. The topological polar surface area (TPSA) is 55.6 Å². The number of thiophene rings is 1. The van der Waals surface area contributed by atoms with Gasteiger partial charge in [0.2, 0.25) is 0 Å². The van der Waals surface area contributed by atoms with Crippen LogP contribution >= 0.6 is 11.3 Å². The molecular weight excluding hydrogens is 284 g/mol. The highest BCUT2D eigenvalue weighted by Gasteiger charge is 2.34. The van der Waals surface area contributed by atoms with Gasteiger partial charge in [-0.3, -0.25) is 4.79 Å². The minimum atomic E-state index is -0.0269. The van der Waals surface area contributed by atoms with E-state index in [2.05, 4.69) is 0 Å². The third kappa shape index (κ3) is 2.80. The first kappa shape index (κ1) is 14.1. The van der Waals surface area contributed by atoms with Gasteiger partial charge in [0.1, 0.15) is 5.75 Å². The fraction of sp³-hybridized carbons (Fsp3) is 0.312. The predicted molar refractivity (Wildman–Crippen MR) is 83.9 cm³/mol. The maximum atomic E-state index is 12.4. The van der Waals surface area contributed by atoms with E-state index in [0.717, 1.165) is 16.9 Å². The van der Waals surface area contributed by atoms with Crippen molar-refractivity contribution in [2.45, 2.75) is 12.0 Å². The monoisotopic (exact) mass is 302 g/mol. The van der Waals surface area contributed by atoms with Crippen LogP contribution in [0.4, 0.5) is 0 Å². The highest BCUT2D eigenvalue weighted by atomic mass is 32.1. The van der Waals surface area contributed by atoms with Gasteiger partial charge in [-0.05, 0) is 29.1 Å². The Morgan fingerprint density at radius 1 is 1.29 bits per heavy atom. The van der Waals surface area contributed by atoms with E-state index in [1.54, 1.807) is 7.11 Å². The molecule has 2 aromatic rings. The van der Waals surface area contributed by atoms with Crippen LogP contribution in [0.5, 0.6) is 5.75 Å². The number of hydrogen-bond acceptors (Lipinski definition) is 4. The fourth-order valence-electron chi connectivity index (χ4n) is 2.77. The molecule has 0 unspecified atom stereocenters. The van der Waals surface area contributed by atoms with Crippen molar-refractivity contribution in [3.05, 3.63) is 52.2 Å². The number of carbonyl (C=O) groups excluding carboxylic acids is 1. The first-order chi connectivity index (χ1) is 10.2. The Hall–Kier alpha value is -1.85. The van der Waals surface area contributed by atoms with Crippen LogP contribution < -0.4 is 10.5 Å². The molecule has 0 spiro atoms. The van der Waals surface area contributed by atoms with Crippen LogP contribution in [0.1, 0.15) is 21.8 Å². The number of likely N-dealkylation sites (tertiary alicyclic amines) is 1. The lowest BCUT2D eigenvalue weighted by molar-refractivity contribution is 0.0789. The lowest BCUT2D eigenvalue weighted by Crippen LogP contribution is -2.31. The van der Waals surface area contributed by atoms with E-state index in [1.807, 2.05) is 46.0 Å². The molecule has 0 aliphatic carbocycles. The summed E-state index contributed by atoms with van der Waals surface area (Å²) in [6.07, 6.45) is 0. The average Bonchev–Trinajstić information content (AvgIpc) is 3.16. The molecule has 2 N–H and O–H groups in total. The van der Waals surface area contributed by atoms with Crippen molar-refractivity contribution < 1.29 is 9.53 Å². The van der Waals surface area contributed by atoms with E-state index in [4.69, 9.17) is 10.5 Å². The summed E-state index contributed by atoms with van der Waals surface area (Å²) in [5.74, 6) is 1.08. The summed E-state index contributed by atoms with van der Waals surface area (Å²) in [4.78, 5) is 14.2. The molecule has 5 heteroatoms. The smallest absolute Gasteiger partial charge is 0.254 e. The van der Waals surface area contributed by atoms with E-state index in [-0.39, 0.29) is 17.9 Å². The fourth-order valence-corrected chi connectivity index (χ4v) is 3.40. The van der Waals surface area contributed by atoms with E-state index < -0.39 is 0 Å². The molecule has 3 rings (SSSR count). The number of methoxy groups -OCH3 is 1. The predicted octanol–water partition coefficient (Wildman–Crippen LogP) is 2.32. The summed E-state index contributed by atoms with van der Waals surface area (Å²) in [5.41, 5.74) is 8.15. The number of hydrogen-bond donors (Lipinski definition) is 1. The maximum Gasteiger partial charge on any atom is 0.254 e. The molecule has 2 atom stereocenters. The second-order valence-corrected chi connectivity index (χ2v) is 6.05. The zero-order chi connectivity index (χ0) is 14.8. The average molecular weight is 302 g/mol. The molecule has 4 nitrogen and oxygen atoms in total. The van der Waals surface area contributed by atoms with Crippen molar-refractivity contribution in [1.82, 2.24) is 4.90 Å². The molecule has 0 radical (unpaired) electrons. The molecule has 2 heterocycles. The molecule has 1 aliphatic heterocycles. The van der Waals surface area contributed by atoms with Gasteiger partial charge < -0.3 is 15.4 Å². The molecular formula is C16H18N2O2S. The van der Waals surface area contributed by atoms with Gasteiger partial charge in [0.25, 0.3) is 5.91 Å². The van der Waals surface area contributed by atoms with Crippen LogP contribution in [0, 0.1) is 0 Å². The number of nitrogens with zero attached hydrogens (tertiary/aromatic N) is 1. The quantitative estimate of drug-likeness (QED) is 0.946. The first-order valence-electron chi connectivity index (χ1n) is 6.90. The molecule has 110 valence electrons. The molecule has 1 aliphatic rings. The van der Waals surface area contributed by atoms with Crippen LogP contribution in [0.15, 0.2) is 41.1 Å². The molecule has 1 amide bonds. The normalized spacial score (nSPS) is 21.5. The van der Waals surface area contributed by atoms with Crippen molar-refractivity contribution in [3.63, 3.8) is 0 Å². The number of nitrogens with two attached hydrogens (primary N) is 1. The summed E-state index contributed by atoms with van der Waals surface area (Å²) in [5, 5.41) is 3.80. The van der Waals surface area contributed by atoms with Crippen molar-refractivity contribution >= 4 is 17.2 Å². The van der Waals surface area contributed by atoms with Gasteiger partial charge >= 0.3 is 0 Å². The Bertz CT molecular complexity index is 610. The van der Waals surface area contributed by atoms with Crippen molar-refractivity contribution in [2.24, 2.45) is 5.73 Å². The lowest BCUT2D eigenvalue weighted by Gasteiger charge is -2.16. The molecule has 1 fully saturated rings. The number of carbonyl (C=O) groups is 1. The number of benzene rings is 1. The number of ether oxygens (including phenoxy) is 1. The standard InChI is InChI=1S/C16H18N2O2S/c1-20-13-4-2-11(3-5-13)14-8-18(9-15(14)17)16(19)12-6-7-21-10-12/h2-7,10,14-15H,8-9,17H2,1H3/t14-,15+/m0/s1. The Morgan fingerprint density at radius 3 is 2.67 bits per heavy atom. The van der Waals surface area contributed by atoms with E-state index in [0.29, 0.717) is 13.1 Å². The summed E-state index contributed by atoms with van der Waals surface area (Å²) in [6, 6.07) is 9.76. The molecule has 1 aromatic carbocycles. The highest BCUT2D eigenvalue weighted by Crippen LogP contribution is 2.29. The summed E-state index contributed by atoms with van der Waals surface area (Å²) in [6.45, 7) is 1.27. The van der Waals surface area contributed by atoms with Crippen LogP contribution in [-0.4, -0.2) is 37.0 Å². The van der Waals surface area contributed by atoms with Crippen LogP contribution in [0.2, 0.25) is 0 Å². The minimum absolute atomic E-state index is 0.0269. The van der Waals surface area contributed by atoms with E-state index >= 15 is 0 Å².